The molecule has 5 rings (SSSR count). The van der Waals surface area contributed by atoms with E-state index in [4.69, 9.17) is 0 Å². The Morgan fingerprint density at radius 3 is 2.84 bits per heavy atom. The summed E-state index contributed by atoms with van der Waals surface area (Å²) in [5.74, 6) is -0.0992. The molecule has 1 fully saturated rings. The molecule has 0 N–H and O–H groups in total. The standard InChI is InChI=1S/C25H26FN3OS/c1-3-12-28(24(30)22-5-4-13-31-22)23-11-6-18-14-21-17(15-25(18,23)2)16-27-29(21)20-9-7-19(26)8-10-20/h4-5,7-10,13-14,16,23H,3,6,11-12,15H2,1-2H3/t23-,25?/m0/s1. The van der Waals surface area contributed by atoms with Gasteiger partial charge in [0, 0.05) is 18.0 Å². The van der Waals surface area contributed by atoms with E-state index in [-0.39, 0.29) is 23.2 Å². The molecule has 0 radical (unpaired) electrons. The smallest absolute Gasteiger partial charge is 0.264 e. The topological polar surface area (TPSA) is 38.1 Å². The summed E-state index contributed by atoms with van der Waals surface area (Å²) in [4.78, 5) is 16.3. The van der Waals surface area contributed by atoms with Gasteiger partial charge in [-0.15, -0.1) is 11.3 Å². The van der Waals surface area contributed by atoms with Gasteiger partial charge in [0.1, 0.15) is 5.82 Å². The Labute approximate surface area is 186 Å². The predicted molar refractivity (Wildman–Crippen MR) is 122 cm³/mol. The Morgan fingerprint density at radius 1 is 1.32 bits per heavy atom. The number of aromatic nitrogens is 2. The molecule has 4 nitrogen and oxygen atoms in total. The lowest BCUT2D eigenvalue weighted by Crippen LogP contribution is -2.48. The van der Waals surface area contributed by atoms with Crippen LogP contribution < -0.4 is 0 Å². The molecule has 1 unspecified atom stereocenters. The van der Waals surface area contributed by atoms with Crippen LogP contribution in [0.5, 0.6) is 0 Å². The average molecular weight is 436 g/mol. The molecule has 0 saturated heterocycles. The highest BCUT2D eigenvalue weighted by Crippen LogP contribution is 2.51. The molecule has 0 aliphatic heterocycles. The lowest BCUT2D eigenvalue weighted by molar-refractivity contribution is 0.0565. The van der Waals surface area contributed by atoms with Gasteiger partial charge in [0.05, 0.1) is 22.5 Å². The third-order valence-corrected chi connectivity index (χ3v) is 7.67. The maximum absolute atomic E-state index is 13.4. The van der Waals surface area contributed by atoms with E-state index in [0.717, 1.165) is 48.5 Å². The second kappa shape index (κ2) is 7.75. The molecule has 0 bridgehead atoms. The molecule has 1 amide bonds. The van der Waals surface area contributed by atoms with Crippen LogP contribution in [0.15, 0.2) is 53.5 Å². The number of fused-ring (bicyclic) bond motifs is 2. The average Bonchev–Trinajstić information content (AvgIpc) is 3.49. The number of benzene rings is 1. The highest BCUT2D eigenvalue weighted by atomic mass is 32.1. The van der Waals surface area contributed by atoms with Gasteiger partial charge < -0.3 is 4.90 Å². The van der Waals surface area contributed by atoms with Crippen LogP contribution in [0, 0.1) is 11.2 Å². The molecular weight excluding hydrogens is 409 g/mol. The third-order valence-electron chi connectivity index (χ3n) is 6.82. The Kier molecular flexibility index (Phi) is 5.05. The molecule has 1 aromatic carbocycles. The van der Waals surface area contributed by atoms with Crippen molar-refractivity contribution in [2.24, 2.45) is 5.41 Å². The lowest BCUT2D eigenvalue weighted by atomic mass is 9.72. The summed E-state index contributed by atoms with van der Waals surface area (Å²) in [6.45, 7) is 5.21. The minimum atomic E-state index is -0.249. The van der Waals surface area contributed by atoms with E-state index in [0.29, 0.717) is 0 Å². The molecule has 160 valence electrons. The van der Waals surface area contributed by atoms with Crippen molar-refractivity contribution in [3.63, 3.8) is 0 Å². The largest absolute Gasteiger partial charge is 0.334 e. The van der Waals surface area contributed by atoms with Crippen LogP contribution in [0.1, 0.15) is 54.0 Å². The fourth-order valence-electron chi connectivity index (χ4n) is 5.29. The first-order chi connectivity index (χ1) is 15.0. The van der Waals surface area contributed by atoms with Gasteiger partial charge in [-0.1, -0.05) is 25.5 Å². The summed E-state index contributed by atoms with van der Waals surface area (Å²) in [5.41, 5.74) is 4.41. The molecule has 2 aliphatic rings. The first kappa shape index (κ1) is 20.2. The van der Waals surface area contributed by atoms with Gasteiger partial charge in [0.2, 0.25) is 0 Å². The van der Waals surface area contributed by atoms with E-state index in [2.05, 4.69) is 29.9 Å². The minimum Gasteiger partial charge on any atom is -0.334 e. The summed E-state index contributed by atoms with van der Waals surface area (Å²) < 4.78 is 15.3. The highest BCUT2D eigenvalue weighted by molar-refractivity contribution is 7.12. The summed E-state index contributed by atoms with van der Waals surface area (Å²) in [5, 5.41) is 6.58. The maximum Gasteiger partial charge on any atom is 0.264 e. The second-order valence-corrected chi connectivity index (χ2v) is 9.69. The van der Waals surface area contributed by atoms with Crippen molar-refractivity contribution in [2.45, 2.75) is 45.6 Å². The Morgan fingerprint density at radius 2 is 2.13 bits per heavy atom. The van der Waals surface area contributed by atoms with Gasteiger partial charge in [-0.05, 0) is 73.0 Å². The zero-order valence-corrected chi connectivity index (χ0v) is 18.7. The first-order valence-electron chi connectivity index (χ1n) is 10.9. The van der Waals surface area contributed by atoms with Crippen molar-refractivity contribution >= 4 is 23.3 Å². The number of carbonyl (C=O) groups is 1. The van der Waals surface area contributed by atoms with Crippen molar-refractivity contribution in [2.75, 3.05) is 6.54 Å². The van der Waals surface area contributed by atoms with Crippen molar-refractivity contribution in [1.29, 1.82) is 0 Å². The van der Waals surface area contributed by atoms with Crippen LogP contribution in [-0.4, -0.2) is 33.2 Å². The number of amides is 1. The van der Waals surface area contributed by atoms with E-state index in [9.17, 15) is 9.18 Å². The molecule has 2 heterocycles. The fraction of sp³-hybridized carbons (Fsp3) is 0.360. The Bertz CT molecular complexity index is 1130. The number of carbonyl (C=O) groups excluding carboxylic acids is 1. The molecule has 31 heavy (non-hydrogen) atoms. The van der Waals surface area contributed by atoms with Crippen LogP contribution in [0.4, 0.5) is 4.39 Å². The van der Waals surface area contributed by atoms with E-state index in [1.165, 1.54) is 34.6 Å². The third kappa shape index (κ3) is 3.33. The number of rotatable bonds is 5. The van der Waals surface area contributed by atoms with Crippen LogP contribution >= 0.6 is 11.3 Å². The monoisotopic (exact) mass is 435 g/mol. The molecule has 0 spiro atoms. The zero-order chi connectivity index (χ0) is 21.6. The molecule has 2 aliphatic carbocycles. The van der Waals surface area contributed by atoms with Gasteiger partial charge in [0.25, 0.3) is 5.91 Å². The summed E-state index contributed by atoms with van der Waals surface area (Å²) >= 11 is 1.52. The summed E-state index contributed by atoms with van der Waals surface area (Å²) in [7, 11) is 0. The fourth-order valence-corrected chi connectivity index (χ4v) is 5.97. The van der Waals surface area contributed by atoms with Crippen molar-refractivity contribution in [3.05, 3.63) is 75.5 Å². The second-order valence-electron chi connectivity index (χ2n) is 8.74. The number of hydrogen-bond acceptors (Lipinski definition) is 3. The predicted octanol–water partition coefficient (Wildman–Crippen LogP) is 5.73. The summed E-state index contributed by atoms with van der Waals surface area (Å²) in [6, 6.07) is 10.5. The number of thiophene rings is 1. The van der Waals surface area contributed by atoms with E-state index < -0.39 is 0 Å². The number of halogens is 1. The van der Waals surface area contributed by atoms with Crippen molar-refractivity contribution in [3.8, 4) is 5.69 Å². The minimum absolute atomic E-state index is 0.0915. The van der Waals surface area contributed by atoms with Crippen molar-refractivity contribution < 1.29 is 9.18 Å². The maximum atomic E-state index is 13.4. The molecule has 2 aromatic heterocycles. The normalized spacial score (nSPS) is 22.0. The van der Waals surface area contributed by atoms with Gasteiger partial charge in [-0.2, -0.15) is 5.10 Å². The Balaban J connectivity index is 1.49. The molecule has 6 heteroatoms. The first-order valence-corrected chi connectivity index (χ1v) is 11.8. The highest BCUT2D eigenvalue weighted by Gasteiger charge is 2.49. The summed E-state index contributed by atoms with van der Waals surface area (Å²) in [6.07, 6.45) is 7.95. The van der Waals surface area contributed by atoms with E-state index in [1.807, 2.05) is 28.4 Å². The lowest BCUT2D eigenvalue weighted by Gasteiger charge is -2.42. The van der Waals surface area contributed by atoms with E-state index >= 15 is 0 Å². The van der Waals surface area contributed by atoms with E-state index in [1.54, 1.807) is 12.1 Å². The number of hydrogen-bond donors (Lipinski definition) is 0. The SMILES string of the molecule is CCCN(C(=O)c1cccs1)[C@H]1CCC2=Cc3c(cnn3-c3ccc(F)cc3)CC21C. The molecule has 1 saturated carbocycles. The zero-order valence-electron chi connectivity index (χ0n) is 17.8. The van der Waals surface area contributed by atoms with Crippen LogP contribution in [0.2, 0.25) is 0 Å². The van der Waals surface area contributed by atoms with Crippen LogP contribution in [0.25, 0.3) is 11.8 Å². The van der Waals surface area contributed by atoms with Gasteiger partial charge >= 0.3 is 0 Å². The van der Waals surface area contributed by atoms with Crippen molar-refractivity contribution in [1.82, 2.24) is 14.7 Å². The quantitative estimate of drug-likeness (QED) is 0.513. The van der Waals surface area contributed by atoms with Crippen LogP contribution in [-0.2, 0) is 6.42 Å². The molecular formula is C25H26FN3OS. The molecule has 2 atom stereocenters. The number of nitrogens with zero attached hydrogens (tertiary/aromatic N) is 3. The van der Waals surface area contributed by atoms with Gasteiger partial charge in [-0.25, -0.2) is 9.07 Å². The Hall–Kier alpha value is -2.73. The van der Waals surface area contributed by atoms with Gasteiger partial charge in [-0.3, -0.25) is 4.79 Å². The van der Waals surface area contributed by atoms with Crippen LogP contribution in [0.3, 0.4) is 0 Å². The van der Waals surface area contributed by atoms with Gasteiger partial charge in [0.15, 0.2) is 0 Å². The molecule has 3 aromatic rings.